The summed E-state index contributed by atoms with van der Waals surface area (Å²) in [4.78, 5) is 22.3. The molecule has 3 heteroatoms. The zero-order valence-electron chi connectivity index (χ0n) is 9.90. The van der Waals surface area contributed by atoms with Gasteiger partial charge >= 0.3 is 11.9 Å². The summed E-state index contributed by atoms with van der Waals surface area (Å²) in [5.41, 5.74) is 2.57. The van der Waals surface area contributed by atoms with Gasteiger partial charge < -0.3 is 4.74 Å². The highest BCUT2D eigenvalue weighted by molar-refractivity contribution is 6.08. The van der Waals surface area contributed by atoms with E-state index in [9.17, 15) is 9.59 Å². The van der Waals surface area contributed by atoms with E-state index in [1.165, 1.54) is 0 Å². The first-order valence-corrected chi connectivity index (χ1v) is 5.62. The number of cyclic esters (lactones) is 2. The van der Waals surface area contributed by atoms with Crippen LogP contribution in [0.2, 0.25) is 0 Å². The van der Waals surface area contributed by atoms with Gasteiger partial charge in [0.15, 0.2) is 0 Å². The molecule has 0 radical (unpaired) electrons. The van der Waals surface area contributed by atoms with E-state index in [0.29, 0.717) is 11.5 Å². The van der Waals surface area contributed by atoms with Crippen LogP contribution >= 0.6 is 0 Å². The molecule has 1 aromatic carbocycles. The molecule has 0 bridgehead atoms. The Hall–Kier alpha value is -1.90. The molecule has 0 aliphatic carbocycles. The Kier molecular flexibility index (Phi) is 3.09. The first kappa shape index (κ1) is 11.6. The van der Waals surface area contributed by atoms with Crippen molar-refractivity contribution >= 4 is 18.0 Å². The summed E-state index contributed by atoms with van der Waals surface area (Å²) >= 11 is 0. The third kappa shape index (κ3) is 2.44. The summed E-state index contributed by atoms with van der Waals surface area (Å²) in [6.45, 7) is 4.19. The Morgan fingerprint density at radius 3 is 2.53 bits per heavy atom. The molecule has 1 fully saturated rings. The average Bonchev–Trinajstić information content (AvgIpc) is 2.58. The lowest BCUT2D eigenvalue weighted by Crippen LogP contribution is -1.97. The van der Waals surface area contributed by atoms with Crippen LogP contribution in [-0.4, -0.2) is 11.9 Å². The third-order valence-corrected chi connectivity index (χ3v) is 2.75. The van der Waals surface area contributed by atoms with Crippen molar-refractivity contribution in [3.63, 3.8) is 0 Å². The number of carbonyl (C=O) groups excluding carboxylic acids is 2. The van der Waals surface area contributed by atoms with Crippen molar-refractivity contribution in [2.24, 2.45) is 0 Å². The van der Waals surface area contributed by atoms with E-state index < -0.39 is 11.9 Å². The van der Waals surface area contributed by atoms with Gasteiger partial charge in [-0.3, -0.25) is 4.79 Å². The van der Waals surface area contributed by atoms with E-state index in [4.69, 9.17) is 0 Å². The second kappa shape index (κ2) is 4.53. The van der Waals surface area contributed by atoms with Crippen LogP contribution in [0.1, 0.15) is 37.3 Å². The number of hydrogen-bond acceptors (Lipinski definition) is 3. The highest BCUT2D eigenvalue weighted by atomic mass is 16.6. The van der Waals surface area contributed by atoms with Crippen LogP contribution in [-0.2, 0) is 14.3 Å². The van der Waals surface area contributed by atoms with Crippen molar-refractivity contribution in [3.05, 3.63) is 41.0 Å². The van der Waals surface area contributed by atoms with Gasteiger partial charge in [-0.2, -0.15) is 0 Å². The largest absolute Gasteiger partial charge is 0.389 e. The normalized spacial score (nSPS) is 17.9. The first-order chi connectivity index (χ1) is 8.08. The molecule has 3 nitrogen and oxygen atoms in total. The lowest BCUT2D eigenvalue weighted by Gasteiger charge is -2.09. The number of esters is 2. The number of rotatable bonds is 2. The lowest BCUT2D eigenvalue weighted by molar-refractivity contribution is -0.151. The van der Waals surface area contributed by atoms with Crippen LogP contribution in [0.4, 0.5) is 0 Å². The van der Waals surface area contributed by atoms with Crippen molar-refractivity contribution < 1.29 is 14.3 Å². The van der Waals surface area contributed by atoms with E-state index >= 15 is 0 Å². The molecule has 0 atom stereocenters. The zero-order valence-corrected chi connectivity index (χ0v) is 9.90. The second-order valence-corrected chi connectivity index (χ2v) is 4.39. The second-order valence-electron chi connectivity index (χ2n) is 4.39. The maximum Gasteiger partial charge on any atom is 0.342 e. The van der Waals surface area contributed by atoms with Crippen LogP contribution in [0.25, 0.3) is 6.08 Å². The lowest BCUT2D eigenvalue weighted by atomic mass is 9.95. The van der Waals surface area contributed by atoms with Crippen LogP contribution < -0.4 is 0 Å². The van der Waals surface area contributed by atoms with Crippen molar-refractivity contribution in [2.75, 3.05) is 0 Å². The molecule has 1 heterocycles. The van der Waals surface area contributed by atoms with E-state index in [2.05, 4.69) is 18.6 Å². The summed E-state index contributed by atoms with van der Waals surface area (Å²) in [5, 5.41) is 0. The smallest absolute Gasteiger partial charge is 0.342 e. The van der Waals surface area contributed by atoms with Crippen LogP contribution in [0.15, 0.2) is 29.8 Å². The van der Waals surface area contributed by atoms with E-state index in [1.54, 1.807) is 6.08 Å². The third-order valence-electron chi connectivity index (χ3n) is 2.75. The van der Waals surface area contributed by atoms with E-state index in [1.807, 2.05) is 24.3 Å². The monoisotopic (exact) mass is 230 g/mol. The van der Waals surface area contributed by atoms with Crippen LogP contribution in [0, 0.1) is 0 Å². The molecule has 0 amide bonds. The highest BCUT2D eigenvalue weighted by Gasteiger charge is 2.26. The minimum Gasteiger partial charge on any atom is -0.389 e. The summed E-state index contributed by atoms with van der Waals surface area (Å²) in [5.74, 6) is -0.618. The Bertz CT molecular complexity index is 498. The van der Waals surface area contributed by atoms with Gasteiger partial charge in [-0.25, -0.2) is 4.79 Å². The molecule has 88 valence electrons. The molecule has 1 aliphatic heterocycles. The van der Waals surface area contributed by atoms with E-state index in [-0.39, 0.29) is 6.42 Å². The van der Waals surface area contributed by atoms with Gasteiger partial charge in [0, 0.05) is 5.57 Å². The summed E-state index contributed by atoms with van der Waals surface area (Å²) in [7, 11) is 0. The maximum absolute atomic E-state index is 11.4. The maximum atomic E-state index is 11.4. The molecule has 0 unspecified atom stereocenters. The minimum absolute atomic E-state index is 0.0747. The first-order valence-electron chi connectivity index (χ1n) is 5.62. The van der Waals surface area contributed by atoms with Gasteiger partial charge in [-0.15, -0.1) is 0 Å². The average molecular weight is 230 g/mol. The molecule has 0 N–H and O–H groups in total. The van der Waals surface area contributed by atoms with Crippen molar-refractivity contribution in [2.45, 2.75) is 26.2 Å². The van der Waals surface area contributed by atoms with Crippen molar-refractivity contribution in [3.8, 4) is 0 Å². The number of hydrogen-bond donors (Lipinski definition) is 0. The van der Waals surface area contributed by atoms with Gasteiger partial charge in [0.2, 0.25) is 0 Å². The number of carbonyl (C=O) groups is 2. The Balaban J connectivity index is 2.39. The van der Waals surface area contributed by atoms with Crippen molar-refractivity contribution in [1.82, 2.24) is 0 Å². The molecule has 0 saturated carbocycles. The standard InChI is InChI=1S/C14H14O3/c1-9(2)12-6-4-3-5-10(12)7-11-8-13(15)17-14(11)16/h3-7,9H,8H2,1-2H3/b11-7+. The number of benzene rings is 1. The minimum atomic E-state index is -0.520. The molecule has 2 rings (SSSR count). The zero-order chi connectivity index (χ0) is 12.4. The predicted molar refractivity (Wildman–Crippen MR) is 64.2 cm³/mol. The van der Waals surface area contributed by atoms with Gasteiger partial charge in [0.25, 0.3) is 0 Å². The molecular weight excluding hydrogens is 216 g/mol. The SMILES string of the molecule is CC(C)c1ccccc1/C=C1\CC(=O)OC1=O. The quantitative estimate of drug-likeness (QED) is 0.445. The van der Waals surface area contributed by atoms with E-state index in [0.717, 1.165) is 11.1 Å². The molecular formula is C14H14O3. The summed E-state index contributed by atoms with van der Waals surface area (Å²) in [6, 6.07) is 7.85. The van der Waals surface area contributed by atoms with Crippen LogP contribution in [0.5, 0.6) is 0 Å². The summed E-state index contributed by atoms with van der Waals surface area (Å²) in [6.07, 6.45) is 1.83. The molecule has 0 spiro atoms. The Labute approximate surface area is 100 Å². The highest BCUT2D eigenvalue weighted by Crippen LogP contribution is 2.24. The van der Waals surface area contributed by atoms with Crippen molar-refractivity contribution in [1.29, 1.82) is 0 Å². The van der Waals surface area contributed by atoms with Gasteiger partial charge in [-0.1, -0.05) is 38.1 Å². The van der Waals surface area contributed by atoms with Gasteiger partial charge in [-0.05, 0) is 23.1 Å². The molecule has 1 saturated heterocycles. The molecule has 17 heavy (non-hydrogen) atoms. The Morgan fingerprint density at radius 2 is 1.94 bits per heavy atom. The topological polar surface area (TPSA) is 43.4 Å². The van der Waals surface area contributed by atoms with Crippen LogP contribution in [0.3, 0.4) is 0 Å². The molecule has 0 aromatic heterocycles. The van der Waals surface area contributed by atoms with Gasteiger partial charge in [0.1, 0.15) is 0 Å². The molecule has 1 aromatic rings. The summed E-state index contributed by atoms with van der Waals surface area (Å²) < 4.78 is 4.50. The number of ether oxygens (including phenoxy) is 1. The fourth-order valence-electron chi connectivity index (χ4n) is 1.90. The predicted octanol–water partition coefficient (Wildman–Crippen LogP) is 2.67. The fraction of sp³-hybridized carbons (Fsp3) is 0.286. The van der Waals surface area contributed by atoms with Gasteiger partial charge in [0.05, 0.1) is 6.42 Å². The fourth-order valence-corrected chi connectivity index (χ4v) is 1.90. The molecule has 1 aliphatic rings. The Morgan fingerprint density at radius 1 is 1.24 bits per heavy atom.